The van der Waals surface area contributed by atoms with Gasteiger partial charge in [0.1, 0.15) is 0 Å². The summed E-state index contributed by atoms with van der Waals surface area (Å²) in [7, 11) is 0. The normalized spacial score (nSPS) is 16.1. The minimum Gasteiger partial charge on any atom is -0.385 e. The minimum absolute atomic E-state index is 0.0870. The summed E-state index contributed by atoms with van der Waals surface area (Å²) in [6, 6.07) is 5.96. The van der Waals surface area contributed by atoms with Gasteiger partial charge in [-0.15, -0.1) is 0 Å². The second-order valence-corrected chi connectivity index (χ2v) is 3.95. The maximum Gasteiger partial charge on any atom is 0.392 e. The van der Waals surface area contributed by atoms with Crippen LogP contribution in [-0.4, -0.2) is 11.3 Å². The number of aliphatic hydroxyl groups is 1. The van der Waals surface area contributed by atoms with Crippen molar-refractivity contribution in [3.8, 4) is 0 Å². The van der Waals surface area contributed by atoms with Crippen LogP contribution in [0.5, 0.6) is 0 Å². The van der Waals surface area contributed by atoms with Gasteiger partial charge in [0.25, 0.3) is 0 Å². The molecule has 0 radical (unpaired) electrons. The van der Waals surface area contributed by atoms with Gasteiger partial charge in [0.2, 0.25) is 0 Å². The maximum atomic E-state index is 12.2. The van der Waals surface area contributed by atoms with Crippen LogP contribution in [0.1, 0.15) is 18.9 Å². The molecule has 84 valence electrons. The van der Waals surface area contributed by atoms with Gasteiger partial charge in [0.15, 0.2) is 0 Å². The molecule has 1 rings (SSSR count). The van der Waals surface area contributed by atoms with Crippen LogP contribution in [-0.2, 0) is 5.60 Å². The average molecular weight is 239 g/mol. The van der Waals surface area contributed by atoms with Crippen LogP contribution in [0.2, 0.25) is 5.02 Å². The van der Waals surface area contributed by atoms with Crippen molar-refractivity contribution in [2.45, 2.75) is 25.1 Å². The third-order valence-electron chi connectivity index (χ3n) is 2.00. The van der Waals surface area contributed by atoms with E-state index < -0.39 is 18.2 Å². The Hall–Kier alpha value is -0.740. The van der Waals surface area contributed by atoms with Gasteiger partial charge in [-0.3, -0.25) is 0 Å². The molecule has 0 fully saturated rings. The van der Waals surface area contributed by atoms with Crippen LogP contribution in [0.15, 0.2) is 24.3 Å². The zero-order chi connectivity index (χ0) is 11.7. The minimum atomic E-state index is -4.43. The summed E-state index contributed by atoms with van der Waals surface area (Å²) in [5, 5.41) is 9.83. The van der Waals surface area contributed by atoms with Gasteiger partial charge >= 0.3 is 6.18 Å². The quantitative estimate of drug-likeness (QED) is 0.836. The van der Waals surface area contributed by atoms with Gasteiger partial charge in [-0.2, -0.15) is 13.2 Å². The van der Waals surface area contributed by atoms with E-state index in [0.717, 1.165) is 6.92 Å². The molecule has 0 amide bonds. The Balaban J connectivity index is 3.01. The fraction of sp³-hybridized carbons (Fsp3) is 0.400. The molecule has 1 unspecified atom stereocenters. The summed E-state index contributed by atoms with van der Waals surface area (Å²) in [6.45, 7) is 1.10. The predicted molar refractivity (Wildman–Crippen MR) is 51.7 cm³/mol. The molecule has 0 saturated heterocycles. The highest BCUT2D eigenvalue weighted by Crippen LogP contribution is 2.37. The lowest BCUT2D eigenvalue weighted by atomic mass is 9.92. The van der Waals surface area contributed by atoms with Gasteiger partial charge in [0, 0.05) is 10.6 Å². The van der Waals surface area contributed by atoms with Gasteiger partial charge in [0.05, 0.1) is 12.0 Å². The van der Waals surface area contributed by atoms with Crippen molar-refractivity contribution in [1.82, 2.24) is 0 Å². The second kappa shape index (κ2) is 4.02. The van der Waals surface area contributed by atoms with Gasteiger partial charge in [-0.05, 0) is 13.0 Å². The van der Waals surface area contributed by atoms with Crippen LogP contribution in [0.3, 0.4) is 0 Å². The first-order valence-corrected chi connectivity index (χ1v) is 4.64. The van der Waals surface area contributed by atoms with Crippen LogP contribution >= 0.6 is 11.6 Å². The van der Waals surface area contributed by atoms with E-state index in [1.54, 1.807) is 6.07 Å². The van der Waals surface area contributed by atoms with Gasteiger partial charge in [-0.25, -0.2) is 0 Å². The Morgan fingerprint density at radius 3 is 2.27 bits per heavy atom. The highest BCUT2D eigenvalue weighted by molar-refractivity contribution is 6.31. The summed E-state index contributed by atoms with van der Waals surface area (Å²) < 4.78 is 36.5. The molecule has 1 N–H and O–H groups in total. The van der Waals surface area contributed by atoms with E-state index in [2.05, 4.69) is 0 Å². The summed E-state index contributed by atoms with van der Waals surface area (Å²) in [5.41, 5.74) is -1.90. The van der Waals surface area contributed by atoms with E-state index in [1.807, 2.05) is 0 Å². The largest absolute Gasteiger partial charge is 0.392 e. The first-order valence-electron chi connectivity index (χ1n) is 4.26. The molecule has 0 aromatic heterocycles. The molecule has 0 aliphatic rings. The lowest BCUT2D eigenvalue weighted by Gasteiger charge is -2.25. The van der Waals surface area contributed by atoms with Crippen LogP contribution in [0.4, 0.5) is 13.2 Å². The third-order valence-corrected chi connectivity index (χ3v) is 2.33. The molecule has 5 heteroatoms. The SMILES string of the molecule is CC(O)(CC(F)(F)F)c1ccccc1Cl. The van der Waals surface area contributed by atoms with E-state index in [0.29, 0.717) is 0 Å². The van der Waals surface area contributed by atoms with Crippen LogP contribution in [0.25, 0.3) is 0 Å². The van der Waals surface area contributed by atoms with Crippen LogP contribution < -0.4 is 0 Å². The zero-order valence-electron chi connectivity index (χ0n) is 7.98. The van der Waals surface area contributed by atoms with E-state index in [-0.39, 0.29) is 10.6 Å². The van der Waals surface area contributed by atoms with Crippen molar-refractivity contribution in [2.24, 2.45) is 0 Å². The van der Waals surface area contributed by atoms with Crippen molar-refractivity contribution < 1.29 is 18.3 Å². The van der Waals surface area contributed by atoms with E-state index in [9.17, 15) is 18.3 Å². The maximum absolute atomic E-state index is 12.2. The zero-order valence-corrected chi connectivity index (χ0v) is 8.73. The number of hydrogen-bond acceptors (Lipinski definition) is 1. The molecule has 1 atom stereocenters. The molecule has 1 aromatic rings. The number of halogens is 4. The summed E-state index contributed by atoms with van der Waals surface area (Å²) in [4.78, 5) is 0. The van der Waals surface area contributed by atoms with Gasteiger partial charge in [-0.1, -0.05) is 29.8 Å². The monoisotopic (exact) mass is 238 g/mol. The Labute approximate surface area is 90.5 Å². The topological polar surface area (TPSA) is 20.2 Å². The van der Waals surface area contributed by atoms with Crippen molar-refractivity contribution in [2.75, 3.05) is 0 Å². The molecule has 15 heavy (non-hydrogen) atoms. The number of alkyl halides is 3. The highest BCUT2D eigenvalue weighted by Gasteiger charge is 2.39. The van der Waals surface area contributed by atoms with Gasteiger partial charge < -0.3 is 5.11 Å². The first kappa shape index (κ1) is 12.3. The number of rotatable bonds is 2. The predicted octanol–water partition coefficient (Wildman–Crippen LogP) is 3.50. The lowest BCUT2D eigenvalue weighted by Crippen LogP contribution is -2.29. The molecule has 1 aromatic carbocycles. The molecule has 0 bridgehead atoms. The molecule has 0 saturated carbocycles. The van der Waals surface area contributed by atoms with Crippen LogP contribution in [0, 0.1) is 0 Å². The Bertz CT molecular complexity index is 347. The van der Waals surface area contributed by atoms with E-state index >= 15 is 0 Å². The first-order chi connectivity index (χ1) is 6.72. The number of benzene rings is 1. The Morgan fingerprint density at radius 2 is 1.80 bits per heavy atom. The molecular formula is C10H10ClF3O. The van der Waals surface area contributed by atoms with E-state index in [4.69, 9.17) is 11.6 Å². The Morgan fingerprint density at radius 1 is 1.27 bits per heavy atom. The van der Waals surface area contributed by atoms with Crippen molar-refractivity contribution in [3.05, 3.63) is 34.9 Å². The third kappa shape index (κ3) is 3.39. The summed E-state index contributed by atoms with van der Waals surface area (Å²) >= 11 is 5.71. The fourth-order valence-corrected chi connectivity index (χ4v) is 1.72. The smallest absolute Gasteiger partial charge is 0.385 e. The summed E-state index contributed by atoms with van der Waals surface area (Å²) in [5.74, 6) is 0. The standard InChI is InChI=1S/C10H10ClF3O/c1-9(15,6-10(12,13)14)7-4-2-3-5-8(7)11/h2-5,15H,6H2,1H3. The molecule has 1 nitrogen and oxygen atoms in total. The highest BCUT2D eigenvalue weighted by atomic mass is 35.5. The fourth-order valence-electron chi connectivity index (χ4n) is 1.38. The molecule has 0 aliphatic carbocycles. The Kier molecular flexibility index (Phi) is 3.31. The van der Waals surface area contributed by atoms with E-state index in [1.165, 1.54) is 18.2 Å². The molecular weight excluding hydrogens is 229 g/mol. The van der Waals surface area contributed by atoms with Crippen molar-refractivity contribution in [3.63, 3.8) is 0 Å². The average Bonchev–Trinajstić information content (AvgIpc) is 1.99. The van der Waals surface area contributed by atoms with Crippen molar-refractivity contribution >= 4 is 11.6 Å². The second-order valence-electron chi connectivity index (χ2n) is 3.55. The van der Waals surface area contributed by atoms with Crippen molar-refractivity contribution in [1.29, 1.82) is 0 Å². The lowest BCUT2D eigenvalue weighted by molar-refractivity contribution is -0.174. The summed E-state index contributed by atoms with van der Waals surface area (Å²) in [6.07, 6.45) is -5.74. The molecule has 0 spiro atoms. The number of hydrogen-bond donors (Lipinski definition) is 1. The molecule has 0 heterocycles. The molecule has 0 aliphatic heterocycles.